The highest BCUT2D eigenvalue weighted by atomic mass is 16.5. The van der Waals surface area contributed by atoms with Gasteiger partial charge in [0.15, 0.2) is 6.10 Å². The number of hydrogen-bond acceptors (Lipinski definition) is 3. The highest BCUT2D eigenvalue weighted by Crippen LogP contribution is 2.34. The van der Waals surface area contributed by atoms with Gasteiger partial charge in [-0.05, 0) is 44.4 Å². The molecule has 2 heterocycles. The molecule has 112 valence electrons. The number of aryl methyl sites for hydroxylation is 1. The molecule has 1 atom stereocenters. The van der Waals surface area contributed by atoms with Gasteiger partial charge >= 0.3 is 0 Å². The lowest BCUT2D eigenvalue weighted by Gasteiger charge is -2.33. The van der Waals surface area contributed by atoms with Gasteiger partial charge in [0.2, 0.25) is 5.91 Å². The molecule has 0 radical (unpaired) electrons. The summed E-state index contributed by atoms with van der Waals surface area (Å²) in [5.41, 5.74) is 1.76. The van der Waals surface area contributed by atoms with Crippen LogP contribution in [0.25, 0.3) is 0 Å². The van der Waals surface area contributed by atoms with Crippen molar-refractivity contribution >= 4 is 17.5 Å². The van der Waals surface area contributed by atoms with E-state index in [2.05, 4.69) is 0 Å². The van der Waals surface area contributed by atoms with Crippen LogP contribution in [0.3, 0.4) is 0 Å². The highest BCUT2D eigenvalue weighted by Gasteiger charge is 2.34. The Bertz CT molecular complexity index is 579. The first-order valence-electron chi connectivity index (χ1n) is 7.43. The zero-order valence-electron chi connectivity index (χ0n) is 12.5. The second kappa shape index (κ2) is 5.39. The fraction of sp³-hybridized carbons (Fsp3) is 0.500. The van der Waals surface area contributed by atoms with Crippen LogP contribution in [0.1, 0.15) is 25.3 Å². The molecule has 1 aromatic carbocycles. The van der Waals surface area contributed by atoms with Crippen molar-refractivity contribution in [1.29, 1.82) is 0 Å². The Kier molecular flexibility index (Phi) is 3.57. The predicted molar refractivity (Wildman–Crippen MR) is 79.4 cm³/mol. The minimum absolute atomic E-state index is 0.0153. The van der Waals surface area contributed by atoms with Gasteiger partial charge < -0.3 is 9.64 Å². The van der Waals surface area contributed by atoms with Gasteiger partial charge in [-0.3, -0.25) is 14.5 Å². The summed E-state index contributed by atoms with van der Waals surface area (Å²) < 4.78 is 5.65. The standard InChI is InChI=1S/C16H20N2O3/c1-11-5-6-13-14(9-11)21-12(2)16(20)18(13)10-15(19)17-7-3-4-8-17/h5-6,9,12H,3-4,7-8,10H2,1-2H3/t12-/m0/s1. The Labute approximate surface area is 124 Å². The monoisotopic (exact) mass is 288 g/mol. The molecule has 0 unspecified atom stereocenters. The van der Waals surface area contributed by atoms with Crippen LogP contribution in [0.15, 0.2) is 18.2 Å². The molecule has 21 heavy (non-hydrogen) atoms. The molecule has 2 amide bonds. The summed E-state index contributed by atoms with van der Waals surface area (Å²) in [6.45, 7) is 5.40. The van der Waals surface area contributed by atoms with Crippen LogP contribution in [0.4, 0.5) is 5.69 Å². The molecule has 1 aromatic rings. The van der Waals surface area contributed by atoms with E-state index in [-0.39, 0.29) is 18.4 Å². The van der Waals surface area contributed by atoms with Crippen LogP contribution < -0.4 is 9.64 Å². The Hall–Kier alpha value is -2.04. The number of nitrogens with zero attached hydrogens (tertiary/aromatic N) is 2. The lowest BCUT2D eigenvalue weighted by Crippen LogP contribution is -2.49. The second-order valence-electron chi connectivity index (χ2n) is 5.74. The van der Waals surface area contributed by atoms with Crippen LogP contribution >= 0.6 is 0 Å². The first kappa shape index (κ1) is 13.9. The van der Waals surface area contributed by atoms with E-state index < -0.39 is 6.10 Å². The molecule has 3 rings (SSSR count). The van der Waals surface area contributed by atoms with E-state index >= 15 is 0 Å². The van der Waals surface area contributed by atoms with Gasteiger partial charge in [-0.15, -0.1) is 0 Å². The Balaban J connectivity index is 1.86. The molecule has 1 saturated heterocycles. The maximum atomic E-state index is 12.4. The van der Waals surface area contributed by atoms with Gasteiger partial charge in [0.25, 0.3) is 5.91 Å². The van der Waals surface area contributed by atoms with Gasteiger partial charge in [0.05, 0.1) is 5.69 Å². The smallest absolute Gasteiger partial charge is 0.268 e. The second-order valence-corrected chi connectivity index (χ2v) is 5.74. The average molecular weight is 288 g/mol. The normalized spacial score (nSPS) is 21.2. The molecule has 0 saturated carbocycles. The predicted octanol–water partition coefficient (Wildman–Crippen LogP) is 1.73. The van der Waals surface area contributed by atoms with Crippen molar-refractivity contribution < 1.29 is 14.3 Å². The number of ether oxygens (including phenoxy) is 1. The molecule has 0 N–H and O–H groups in total. The maximum Gasteiger partial charge on any atom is 0.268 e. The fourth-order valence-corrected chi connectivity index (χ4v) is 2.88. The van der Waals surface area contributed by atoms with Crippen molar-refractivity contribution in [3.8, 4) is 5.75 Å². The third-order valence-corrected chi connectivity index (χ3v) is 4.08. The zero-order chi connectivity index (χ0) is 15.0. The molecule has 5 nitrogen and oxygen atoms in total. The number of anilines is 1. The lowest BCUT2D eigenvalue weighted by atomic mass is 10.1. The summed E-state index contributed by atoms with van der Waals surface area (Å²) >= 11 is 0. The summed E-state index contributed by atoms with van der Waals surface area (Å²) in [6.07, 6.45) is 1.55. The minimum atomic E-state index is -0.550. The molecule has 2 aliphatic rings. The van der Waals surface area contributed by atoms with Crippen LogP contribution in [0.2, 0.25) is 0 Å². The fourth-order valence-electron chi connectivity index (χ4n) is 2.88. The number of carbonyl (C=O) groups excluding carboxylic acids is 2. The Morgan fingerprint density at radius 1 is 1.33 bits per heavy atom. The van der Waals surface area contributed by atoms with E-state index in [1.54, 1.807) is 11.8 Å². The number of likely N-dealkylation sites (tertiary alicyclic amines) is 1. The van der Waals surface area contributed by atoms with Crippen molar-refractivity contribution in [3.05, 3.63) is 23.8 Å². The molecule has 0 aromatic heterocycles. The molecule has 2 aliphatic heterocycles. The third kappa shape index (κ3) is 2.60. The largest absolute Gasteiger partial charge is 0.479 e. The molecule has 5 heteroatoms. The summed E-state index contributed by atoms with van der Waals surface area (Å²) in [5.74, 6) is 0.539. The van der Waals surface area contributed by atoms with Gasteiger partial charge in [-0.25, -0.2) is 0 Å². The van der Waals surface area contributed by atoms with Crippen LogP contribution in [-0.2, 0) is 9.59 Å². The topological polar surface area (TPSA) is 49.9 Å². The van der Waals surface area contributed by atoms with E-state index in [1.807, 2.05) is 30.0 Å². The first-order chi connectivity index (χ1) is 10.1. The summed E-state index contributed by atoms with van der Waals surface area (Å²) in [4.78, 5) is 28.1. The third-order valence-electron chi connectivity index (χ3n) is 4.08. The van der Waals surface area contributed by atoms with Crippen molar-refractivity contribution in [2.75, 3.05) is 24.5 Å². The molecule has 0 bridgehead atoms. The van der Waals surface area contributed by atoms with Crippen LogP contribution in [-0.4, -0.2) is 42.5 Å². The lowest BCUT2D eigenvalue weighted by molar-refractivity contribution is -0.132. The van der Waals surface area contributed by atoms with Gasteiger partial charge in [0, 0.05) is 13.1 Å². The quantitative estimate of drug-likeness (QED) is 0.833. The Morgan fingerprint density at radius 2 is 2.05 bits per heavy atom. The number of rotatable bonds is 2. The van der Waals surface area contributed by atoms with Gasteiger partial charge in [0.1, 0.15) is 12.3 Å². The minimum Gasteiger partial charge on any atom is -0.479 e. The number of benzene rings is 1. The van der Waals surface area contributed by atoms with Crippen molar-refractivity contribution in [2.45, 2.75) is 32.8 Å². The maximum absolute atomic E-state index is 12.4. The molecule has 0 spiro atoms. The number of amides is 2. The van der Waals surface area contributed by atoms with Gasteiger partial charge in [-0.2, -0.15) is 0 Å². The van der Waals surface area contributed by atoms with E-state index in [0.29, 0.717) is 11.4 Å². The summed E-state index contributed by atoms with van der Waals surface area (Å²) in [6, 6.07) is 5.69. The van der Waals surface area contributed by atoms with E-state index in [9.17, 15) is 9.59 Å². The zero-order valence-corrected chi connectivity index (χ0v) is 12.5. The van der Waals surface area contributed by atoms with Crippen molar-refractivity contribution in [3.63, 3.8) is 0 Å². The van der Waals surface area contributed by atoms with Crippen molar-refractivity contribution in [1.82, 2.24) is 4.90 Å². The number of fused-ring (bicyclic) bond motifs is 1. The first-order valence-corrected chi connectivity index (χ1v) is 7.43. The van der Waals surface area contributed by atoms with E-state index in [0.717, 1.165) is 31.5 Å². The molecular weight excluding hydrogens is 268 g/mol. The summed E-state index contributed by atoms with van der Waals surface area (Å²) in [5, 5.41) is 0. The molecule has 0 aliphatic carbocycles. The highest BCUT2D eigenvalue weighted by molar-refractivity contribution is 6.03. The van der Waals surface area contributed by atoms with Crippen LogP contribution in [0, 0.1) is 6.92 Å². The van der Waals surface area contributed by atoms with Crippen LogP contribution in [0.5, 0.6) is 5.75 Å². The van der Waals surface area contributed by atoms with E-state index in [1.165, 1.54) is 0 Å². The molecular formula is C16H20N2O3. The Morgan fingerprint density at radius 3 is 2.76 bits per heavy atom. The van der Waals surface area contributed by atoms with Gasteiger partial charge in [-0.1, -0.05) is 6.07 Å². The van der Waals surface area contributed by atoms with Crippen molar-refractivity contribution in [2.24, 2.45) is 0 Å². The SMILES string of the molecule is Cc1ccc2c(c1)O[C@@H](C)C(=O)N2CC(=O)N1CCCC1. The van der Waals surface area contributed by atoms with E-state index in [4.69, 9.17) is 4.74 Å². The number of hydrogen-bond donors (Lipinski definition) is 0. The molecule has 1 fully saturated rings. The summed E-state index contributed by atoms with van der Waals surface area (Å²) in [7, 11) is 0. The number of carbonyl (C=O) groups is 2. The average Bonchev–Trinajstić information content (AvgIpc) is 2.97.